The van der Waals surface area contributed by atoms with Crippen molar-refractivity contribution in [1.82, 2.24) is 4.90 Å². The van der Waals surface area contributed by atoms with E-state index >= 15 is 0 Å². The topological polar surface area (TPSA) is 91.8 Å². The third-order valence-electron chi connectivity index (χ3n) is 4.69. The van der Waals surface area contributed by atoms with Crippen molar-refractivity contribution in [3.8, 4) is 0 Å². The van der Waals surface area contributed by atoms with Crippen molar-refractivity contribution >= 4 is 21.7 Å². The average molecular weight is 337 g/mol. The Balaban J connectivity index is 1.61. The summed E-state index contributed by atoms with van der Waals surface area (Å²) in [5.74, 6) is -2.05. The summed E-state index contributed by atoms with van der Waals surface area (Å²) >= 11 is 0. The molecule has 2 aliphatic rings. The molecular weight excluding hydrogens is 318 g/mol. The molecule has 3 rings (SSSR count). The van der Waals surface area contributed by atoms with Crippen molar-refractivity contribution in [1.29, 1.82) is 0 Å². The van der Waals surface area contributed by atoms with Gasteiger partial charge in [-0.1, -0.05) is 18.2 Å². The van der Waals surface area contributed by atoms with Gasteiger partial charge in [-0.25, -0.2) is 8.42 Å². The van der Waals surface area contributed by atoms with E-state index in [-0.39, 0.29) is 5.91 Å². The first-order valence-electron chi connectivity index (χ1n) is 7.72. The second-order valence-electron chi connectivity index (χ2n) is 6.17. The number of benzene rings is 1. The largest absolute Gasteiger partial charge is 0.481 e. The van der Waals surface area contributed by atoms with Gasteiger partial charge in [-0.3, -0.25) is 9.59 Å². The molecule has 1 aromatic rings. The minimum Gasteiger partial charge on any atom is -0.481 e. The van der Waals surface area contributed by atoms with Gasteiger partial charge in [0.2, 0.25) is 5.91 Å². The van der Waals surface area contributed by atoms with Crippen LogP contribution >= 0.6 is 0 Å². The van der Waals surface area contributed by atoms with Crippen LogP contribution in [0.1, 0.15) is 19.3 Å². The summed E-state index contributed by atoms with van der Waals surface area (Å²) in [5.41, 5.74) is 0. The van der Waals surface area contributed by atoms with Gasteiger partial charge in [0.15, 0.2) is 9.84 Å². The summed E-state index contributed by atoms with van der Waals surface area (Å²) in [5, 5.41) is 8.41. The molecule has 0 radical (unpaired) electrons. The number of carbonyl (C=O) groups is 2. The molecule has 1 aromatic carbocycles. The lowest BCUT2D eigenvalue weighted by Gasteiger charge is -2.32. The lowest BCUT2D eigenvalue weighted by Crippen LogP contribution is -2.43. The van der Waals surface area contributed by atoms with Gasteiger partial charge in [-0.05, 0) is 31.4 Å². The van der Waals surface area contributed by atoms with E-state index in [2.05, 4.69) is 0 Å². The molecule has 1 aliphatic carbocycles. The van der Waals surface area contributed by atoms with E-state index in [0.717, 1.165) is 0 Å². The molecule has 0 bridgehead atoms. The molecule has 124 valence electrons. The van der Waals surface area contributed by atoms with Crippen LogP contribution in [-0.2, 0) is 19.4 Å². The Bertz CT molecular complexity index is 707. The Morgan fingerprint density at radius 2 is 1.65 bits per heavy atom. The molecule has 2 fully saturated rings. The van der Waals surface area contributed by atoms with Crippen LogP contribution in [0, 0.1) is 11.8 Å². The van der Waals surface area contributed by atoms with Crippen LogP contribution in [0.5, 0.6) is 0 Å². The van der Waals surface area contributed by atoms with Gasteiger partial charge in [0.05, 0.1) is 22.0 Å². The molecular formula is C16H19NO5S. The van der Waals surface area contributed by atoms with Crippen molar-refractivity contribution in [3.05, 3.63) is 30.3 Å². The maximum atomic E-state index is 12.6. The quantitative estimate of drug-likeness (QED) is 0.890. The molecule has 1 heterocycles. The molecule has 1 N–H and O–H groups in total. The van der Waals surface area contributed by atoms with Crippen molar-refractivity contribution in [2.75, 3.05) is 13.1 Å². The molecule has 1 aliphatic heterocycles. The summed E-state index contributed by atoms with van der Waals surface area (Å²) in [6.45, 7) is 0.747. The summed E-state index contributed by atoms with van der Waals surface area (Å²) in [6, 6.07) is 8.35. The maximum absolute atomic E-state index is 12.6. The fourth-order valence-electron chi connectivity index (χ4n) is 3.16. The van der Waals surface area contributed by atoms with Crippen molar-refractivity contribution in [2.24, 2.45) is 11.8 Å². The van der Waals surface area contributed by atoms with Crippen LogP contribution in [0.2, 0.25) is 0 Å². The minimum atomic E-state index is -3.37. The van der Waals surface area contributed by atoms with Crippen LogP contribution in [0.15, 0.2) is 35.2 Å². The second kappa shape index (κ2) is 5.96. The zero-order valence-electron chi connectivity index (χ0n) is 12.6. The molecule has 0 unspecified atom stereocenters. The number of sulfone groups is 1. The lowest BCUT2D eigenvalue weighted by molar-refractivity contribution is -0.142. The number of hydrogen-bond donors (Lipinski definition) is 1. The Morgan fingerprint density at radius 3 is 2.17 bits per heavy atom. The SMILES string of the molecule is O=C(O)[C@@H]1C[C@H]1C(=O)N1CCC(S(=O)(=O)c2ccccc2)CC1. The number of nitrogens with zero attached hydrogens (tertiary/aromatic N) is 1. The zero-order chi connectivity index (χ0) is 16.6. The molecule has 1 amide bonds. The first-order valence-corrected chi connectivity index (χ1v) is 9.26. The number of piperidine rings is 1. The number of amides is 1. The van der Waals surface area contributed by atoms with Crippen molar-refractivity contribution in [3.63, 3.8) is 0 Å². The Kier molecular flexibility index (Phi) is 4.14. The van der Waals surface area contributed by atoms with Gasteiger partial charge in [-0.2, -0.15) is 0 Å². The third-order valence-corrected chi connectivity index (χ3v) is 6.97. The monoisotopic (exact) mass is 337 g/mol. The highest BCUT2D eigenvalue weighted by Crippen LogP contribution is 2.40. The van der Waals surface area contributed by atoms with E-state index in [4.69, 9.17) is 5.11 Å². The highest BCUT2D eigenvalue weighted by atomic mass is 32.2. The molecule has 6 nitrogen and oxygen atoms in total. The van der Waals surface area contributed by atoms with E-state index in [1.54, 1.807) is 35.2 Å². The standard InChI is InChI=1S/C16H19NO5S/c18-15(13-10-14(13)16(19)20)17-8-6-12(7-9-17)23(21,22)11-4-2-1-3-5-11/h1-5,12-14H,6-10H2,(H,19,20)/t13-,14-/m1/s1. The van der Waals surface area contributed by atoms with Crippen LogP contribution in [-0.4, -0.2) is 48.6 Å². The van der Waals surface area contributed by atoms with E-state index in [0.29, 0.717) is 37.2 Å². The lowest BCUT2D eigenvalue weighted by atomic mass is 10.1. The van der Waals surface area contributed by atoms with Crippen molar-refractivity contribution in [2.45, 2.75) is 29.4 Å². The number of rotatable bonds is 4. The summed E-state index contributed by atoms with van der Waals surface area (Å²) in [6.07, 6.45) is 1.19. The van der Waals surface area contributed by atoms with Gasteiger partial charge in [0, 0.05) is 13.1 Å². The Morgan fingerprint density at radius 1 is 1.04 bits per heavy atom. The number of carbonyl (C=O) groups excluding carboxylic acids is 1. The Hall–Kier alpha value is -1.89. The highest BCUT2D eigenvalue weighted by Gasteiger charge is 2.50. The zero-order valence-corrected chi connectivity index (χ0v) is 13.4. The van der Waals surface area contributed by atoms with Crippen molar-refractivity contribution < 1.29 is 23.1 Å². The smallest absolute Gasteiger partial charge is 0.307 e. The second-order valence-corrected chi connectivity index (χ2v) is 8.40. The number of carboxylic acid groups (broad SMARTS) is 1. The van der Waals surface area contributed by atoms with E-state index in [9.17, 15) is 18.0 Å². The first kappa shape index (κ1) is 16.0. The van der Waals surface area contributed by atoms with Crippen LogP contribution in [0.25, 0.3) is 0 Å². The average Bonchev–Trinajstić information content (AvgIpc) is 3.36. The number of carboxylic acids is 1. The molecule has 0 spiro atoms. The van der Waals surface area contributed by atoms with Gasteiger partial charge in [0.1, 0.15) is 0 Å². The Labute approximate surface area is 135 Å². The summed E-state index contributed by atoms with van der Waals surface area (Å²) < 4.78 is 25.1. The van der Waals surface area contributed by atoms with Crippen LogP contribution in [0.3, 0.4) is 0 Å². The fraction of sp³-hybridized carbons (Fsp3) is 0.500. The normalized spacial score (nSPS) is 25.1. The highest BCUT2D eigenvalue weighted by molar-refractivity contribution is 7.92. The molecule has 1 saturated carbocycles. The number of likely N-dealkylation sites (tertiary alicyclic amines) is 1. The minimum absolute atomic E-state index is 0.145. The molecule has 0 aromatic heterocycles. The molecule has 1 saturated heterocycles. The molecule has 23 heavy (non-hydrogen) atoms. The number of aliphatic carboxylic acids is 1. The molecule has 7 heteroatoms. The van der Waals surface area contributed by atoms with Gasteiger partial charge >= 0.3 is 5.97 Å². The summed E-state index contributed by atoms with van der Waals surface area (Å²) in [4.78, 5) is 25.0. The predicted octanol–water partition coefficient (Wildman–Crippen LogP) is 1.17. The maximum Gasteiger partial charge on any atom is 0.307 e. The van der Waals surface area contributed by atoms with Gasteiger partial charge in [-0.15, -0.1) is 0 Å². The third kappa shape index (κ3) is 3.10. The van der Waals surface area contributed by atoms with Crippen LogP contribution < -0.4 is 0 Å². The van der Waals surface area contributed by atoms with E-state index in [1.165, 1.54) is 0 Å². The summed E-state index contributed by atoms with van der Waals surface area (Å²) in [7, 11) is -3.37. The predicted molar refractivity (Wildman–Crippen MR) is 82.5 cm³/mol. The number of hydrogen-bond acceptors (Lipinski definition) is 4. The fourth-order valence-corrected chi connectivity index (χ4v) is 4.92. The van der Waals surface area contributed by atoms with E-state index < -0.39 is 32.9 Å². The van der Waals surface area contributed by atoms with Gasteiger partial charge in [0.25, 0.3) is 0 Å². The van der Waals surface area contributed by atoms with Crippen LogP contribution in [0.4, 0.5) is 0 Å². The molecule has 2 atom stereocenters. The van der Waals surface area contributed by atoms with Gasteiger partial charge < -0.3 is 10.0 Å². The first-order chi connectivity index (χ1) is 10.9. The van der Waals surface area contributed by atoms with E-state index in [1.807, 2.05) is 0 Å².